The Morgan fingerprint density at radius 1 is 1.10 bits per heavy atom. The average Bonchev–Trinajstić information content (AvgIpc) is 3.28. The molecule has 1 atom stereocenters. The Labute approximate surface area is 173 Å². The highest BCUT2D eigenvalue weighted by Crippen LogP contribution is 2.37. The van der Waals surface area contributed by atoms with Gasteiger partial charge in [-0.3, -0.25) is 9.59 Å². The van der Waals surface area contributed by atoms with Crippen molar-refractivity contribution in [1.82, 2.24) is 9.97 Å². The van der Waals surface area contributed by atoms with Crippen LogP contribution in [0.3, 0.4) is 0 Å². The molecule has 2 aromatic carbocycles. The number of hydrogen-bond acceptors (Lipinski definition) is 6. The Kier molecular flexibility index (Phi) is 4.46. The van der Waals surface area contributed by atoms with Gasteiger partial charge in [-0.1, -0.05) is 36.4 Å². The SMILES string of the molecule is Nc1nc(N2CCCC2)nc2c1C(C(=O)Nc1cccc3ccccc13)CC(=O)N2. The van der Waals surface area contributed by atoms with E-state index in [0.717, 1.165) is 36.7 Å². The first-order chi connectivity index (χ1) is 14.6. The number of carbonyl (C=O) groups is 2. The highest BCUT2D eigenvalue weighted by atomic mass is 16.2. The van der Waals surface area contributed by atoms with Gasteiger partial charge in [-0.25, -0.2) is 0 Å². The molecule has 0 aliphatic carbocycles. The molecule has 4 N–H and O–H groups in total. The third kappa shape index (κ3) is 3.20. The Morgan fingerprint density at radius 2 is 1.87 bits per heavy atom. The lowest BCUT2D eigenvalue weighted by Gasteiger charge is -2.27. The first-order valence-corrected chi connectivity index (χ1v) is 10.1. The molecule has 0 radical (unpaired) electrons. The Balaban J connectivity index is 1.49. The zero-order valence-electron chi connectivity index (χ0n) is 16.4. The molecule has 1 saturated heterocycles. The van der Waals surface area contributed by atoms with Crippen LogP contribution in [0.2, 0.25) is 0 Å². The van der Waals surface area contributed by atoms with Crippen molar-refractivity contribution in [3.05, 3.63) is 48.0 Å². The monoisotopic (exact) mass is 402 g/mol. The van der Waals surface area contributed by atoms with Crippen molar-refractivity contribution in [2.75, 3.05) is 34.4 Å². The second kappa shape index (κ2) is 7.29. The van der Waals surface area contributed by atoms with Gasteiger partial charge in [-0.05, 0) is 24.3 Å². The molecule has 1 aromatic heterocycles. The highest BCUT2D eigenvalue weighted by Gasteiger charge is 2.35. The summed E-state index contributed by atoms with van der Waals surface area (Å²) in [4.78, 5) is 36.6. The smallest absolute Gasteiger partial charge is 0.232 e. The fraction of sp³-hybridized carbons (Fsp3) is 0.273. The minimum atomic E-state index is -0.750. The second-order valence-electron chi connectivity index (χ2n) is 7.69. The van der Waals surface area contributed by atoms with Gasteiger partial charge in [-0.2, -0.15) is 9.97 Å². The van der Waals surface area contributed by atoms with Crippen LogP contribution in [-0.4, -0.2) is 34.9 Å². The van der Waals surface area contributed by atoms with Gasteiger partial charge in [0.2, 0.25) is 17.8 Å². The summed E-state index contributed by atoms with van der Waals surface area (Å²) in [5.74, 6) is -0.240. The van der Waals surface area contributed by atoms with Gasteiger partial charge in [-0.15, -0.1) is 0 Å². The number of fused-ring (bicyclic) bond motifs is 2. The maximum Gasteiger partial charge on any atom is 0.232 e. The van der Waals surface area contributed by atoms with E-state index < -0.39 is 5.92 Å². The summed E-state index contributed by atoms with van der Waals surface area (Å²) in [6.45, 7) is 1.72. The summed E-state index contributed by atoms with van der Waals surface area (Å²) in [5, 5.41) is 7.69. The van der Waals surface area contributed by atoms with Crippen molar-refractivity contribution in [1.29, 1.82) is 0 Å². The Bertz CT molecular complexity index is 1150. The van der Waals surface area contributed by atoms with Gasteiger partial charge in [0.25, 0.3) is 0 Å². The lowest BCUT2D eigenvalue weighted by Crippen LogP contribution is -2.33. The standard InChI is InChI=1S/C22H22N6O2/c23-19-18-15(21(30)24-16-9-5-7-13-6-1-2-8-14(13)16)12-17(29)25-20(18)27-22(26-19)28-10-3-4-11-28/h1-2,5-9,15H,3-4,10-12H2,(H,24,30)(H3,23,25,26,27,29). The molecule has 0 saturated carbocycles. The van der Waals surface area contributed by atoms with Crippen molar-refractivity contribution in [3.63, 3.8) is 0 Å². The summed E-state index contributed by atoms with van der Waals surface area (Å²) in [5.41, 5.74) is 7.43. The third-order valence-corrected chi connectivity index (χ3v) is 5.71. The molecule has 8 heteroatoms. The van der Waals surface area contributed by atoms with E-state index in [9.17, 15) is 9.59 Å². The fourth-order valence-electron chi connectivity index (χ4n) is 4.22. The van der Waals surface area contributed by atoms with Crippen molar-refractivity contribution in [3.8, 4) is 0 Å². The molecule has 30 heavy (non-hydrogen) atoms. The number of benzene rings is 2. The molecule has 2 amide bonds. The molecule has 152 valence electrons. The predicted octanol–water partition coefficient (Wildman–Crippen LogP) is 2.88. The van der Waals surface area contributed by atoms with Gasteiger partial charge in [0.1, 0.15) is 11.6 Å². The van der Waals surface area contributed by atoms with Gasteiger partial charge in [0, 0.05) is 30.6 Å². The van der Waals surface area contributed by atoms with E-state index in [1.54, 1.807) is 0 Å². The zero-order chi connectivity index (χ0) is 20.7. The van der Waals surface area contributed by atoms with Gasteiger partial charge in [0.05, 0.1) is 11.5 Å². The van der Waals surface area contributed by atoms with E-state index in [4.69, 9.17) is 5.73 Å². The summed E-state index contributed by atoms with van der Waals surface area (Å²) < 4.78 is 0. The number of amides is 2. The van der Waals surface area contributed by atoms with Crippen molar-refractivity contribution in [2.24, 2.45) is 0 Å². The van der Waals surface area contributed by atoms with Crippen molar-refractivity contribution < 1.29 is 9.59 Å². The Hall–Kier alpha value is -3.68. The van der Waals surface area contributed by atoms with Crippen LogP contribution >= 0.6 is 0 Å². The second-order valence-corrected chi connectivity index (χ2v) is 7.69. The van der Waals surface area contributed by atoms with Crippen LogP contribution in [0.25, 0.3) is 10.8 Å². The minimum absolute atomic E-state index is 0.000219. The number of rotatable bonds is 3. The molecule has 5 rings (SSSR count). The topological polar surface area (TPSA) is 113 Å². The van der Waals surface area contributed by atoms with Gasteiger partial charge >= 0.3 is 0 Å². The Morgan fingerprint density at radius 3 is 2.70 bits per heavy atom. The van der Waals surface area contributed by atoms with Crippen LogP contribution in [0.5, 0.6) is 0 Å². The maximum atomic E-state index is 13.2. The quantitative estimate of drug-likeness (QED) is 0.621. The number of nitrogens with zero attached hydrogens (tertiary/aromatic N) is 3. The van der Waals surface area contributed by atoms with Gasteiger partial charge in [0.15, 0.2) is 0 Å². The first kappa shape index (κ1) is 18.4. The van der Waals surface area contributed by atoms with E-state index in [-0.39, 0.29) is 24.1 Å². The van der Waals surface area contributed by atoms with Crippen LogP contribution in [0.4, 0.5) is 23.3 Å². The normalized spacial score (nSPS) is 18.2. The van der Waals surface area contributed by atoms with Gasteiger partial charge < -0.3 is 21.3 Å². The van der Waals surface area contributed by atoms with Crippen LogP contribution < -0.4 is 21.3 Å². The van der Waals surface area contributed by atoms with E-state index in [1.165, 1.54) is 0 Å². The van der Waals surface area contributed by atoms with Crippen molar-refractivity contribution in [2.45, 2.75) is 25.2 Å². The van der Waals surface area contributed by atoms with Crippen molar-refractivity contribution >= 4 is 45.9 Å². The third-order valence-electron chi connectivity index (χ3n) is 5.71. The largest absolute Gasteiger partial charge is 0.383 e. The van der Waals surface area contributed by atoms with E-state index in [0.29, 0.717) is 23.0 Å². The molecule has 1 fully saturated rings. The van der Waals surface area contributed by atoms with Crippen LogP contribution in [0, 0.1) is 0 Å². The zero-order valence-corrected chi connectivity index (χ0v) is 16.4. The summed E-state index contributed by atoms with van der Waals surface area (Å²) in [6.07, 6.45) is 2.14. The molecule has 3 aromatic rings. The summed E-state index contributed by atoms with van der Waals surface area (Å²) in [7, 11) is 0. The molecular formula is C22H22N6O2. The lowest BCUT2D eigenvalue weighted by molar-refractivity contribution is -0.123. The number of anilines is 4. The molecule has 8 nitrogen and oxygen atoms in total. The molecule has 0 spiro atoms. The maximum absolute atomic E-state index is 13.2. The minimum Gasteiger partial charge on any atom is -0.383 e. The molecule has 1 unspecified atom stereocenters. The number of nitrogen functional groups attached to an aromatic ring is 1. The lowest BCUT2D eigenvalue weighted by atomic mass is 9.91. The number of nitrogens with two attached hydrogens (primary N) is 1. The van der Waals surface area contributed by atoms with Crippen LogP contribution in [0.15, 0.2) is 42.5 Å². The summed E-state index contributed by atoms with van der Waals surface area (Å²) in [6, 6.07) is 13.5. The molecule has 0 bridgehead atoms. The van der Waals surface area contributed by atoms with E-state index in [2.05, 4.69) is 20.6 Å². The summed E-state index contributed by atoms with van der Waals surface area (Å²) >= 11 is 0. The average molecular weight is 402 g/mol. The predicted molar refractivity (Wildman–Crippen MR) is 116 cm³/mol. The van der Waals surface area contributed by atoms with E-state index in [1.807, 2.05) is 47.4 Å². The van der Waals surface area contributed by atoms with E-state index >= 15 is 0 Å². The first-order valence-electron chi connectivity index (χ1n) is 10.1. The van der Waals surface area contributed by atoms with Crippen LogP contribution in [0.1, 0.15) is 30.7 Å². The molecule has 2 aliphatic rings. The fourth-order valence-corrected chi connectivity index (χ4v) is 4.22. The highest BCUT2D eigenvalue weighted by molar-refractivity contribution is 6.08. The molecule has 2 aliphatic heterocycles. The molecular weight excluding hydrogens is 380 g/mol. The number of hydrogen-bond donors (Lipinski definition) is 3. The van der Waals surface area contributed by atoms with Crippen LogP contribution in [-0.2, 0) is 9.59 Å². The molecule has 3 heterocycles. The number of nitrogens with one attached hydrogen (secondary N) is 2. The number of aromatic nitrogens is 2. The number of carbonyl (C=O) groups excluding carboxylic acids is 2.